The smallest absolute Gasteiger partial charge is 0.0688 e. The zero-order valence-corrected chi connectivity index (χ0v) is 11.9. The van der Waals surface area contributed by atoms with Crippen molar-refractivity contribution in [1.29, 1.82) is 0 Å². The molecule has 0 N–H and O–H groups in total. The Balaban J connectivity index is 2.60. The molecular weight excluding hydrogens is 208 g/mol. The molecule has 1 aromatic rings. The number of anilines is 1. The maximum atomic E-state index is 4.77. The first-order valence-electron chi connectivity index (χ1n) is 6.69. The Morgan fingerprint density at radius 2 is 1.94 bits per heavy atom. The number of aromatic nitrogens is 1. The van der Waals surface area contributed by atoms with Crippen LogP contribution in [0.5, 0.6) is 0 Å². The summed E-state index contributed by atoms with van der Waals surface area (Å²) in [4.78, 5) is 7.28. The molecule has 2 heterocycles. The molecule has 0 amide bonds. The highest BCUT2D eigenvalue weighted by molar-refractivity contribution is 5.64. The van der Waals surface area contributed by atoms with Crippen molar-refractivity contribution < 1.29 is 0 Å². The van der Waals surface area contributed by atoms with Crippen LogP contribution in [0, 0.1) is 6.92 Å². The van der Waals surface area contributed by atoms with Crippen LogP contribution in [0.3, 0.4) is 0 Å². The van der Waals surface area contributed by atoms with E-state index in [1.165, 1.54) is 16.9 Å². The molecule has 0 spiro atoms. The van der Waals surface area contributed by atoms with Crippen LogP contribution in [0.2, 0.25) is 0 Å². The highest BCUT2D eigenvalue weighted by Crippen LogP contribution is 2.41. The molecule has 0 bridgehead atoms. The number of pyridine rings is 1. The summed E-state index contributed by atoms with van der Waals surface area (Å²) in [5.74, 6) is 1.13. The lowest BCUT2D eigenvalue weighted by Gasteiger charge is -2.27. The van der Waals surface area contributed by atoms with Crippen molar-refractivity contribution >= 4 is 5.69 Å². The molecule has 0 saturated carbocycles. The van der Waals surface area contributed by atoms with Gasteiger partial charge >= 0.3 is 0 Å². The fraction of sp³-hybridized carbons (Fsp3) is 0.667. The van der Waals surface area contributed by atoms with Crippen LogP contribution >= 0.6 is 0 Å². The first-order chi connectivity index (χ1) is 7.91. The van der Waals surface area contributed by atoms with Crippen molar-refractivity contribution in [2.45, 2.75) is 59.4 Å². The van der Waals surface area contributed by atoms with Gasteiger partial charge in [-0.2, -0.15) is 0 Å². The molecule has 0 saturated heterocycles. The van der Waals surface area contributed by atoms with E-state index < -0.39 is 0 Å². The second kappa shape index (κ2) is 4.32. The number of rotatable bonds is 2. The molecule has 2 heteroatoms. The van der Waals surface area contributed by atoms with E-state index in [9.17, 15) is 0 Å². The van der Waals surface area contributed by atoms with Crippen molar-refractivity contribution in [3.8, 4) is 0 Å². The molecule has 94 valence electrons. The van der Waals surface area contributed by atoms with Crippen LogP contribution in [0.15, 0.2) is 6.07 Å². The summed E-state index contributed by atoms with van der Waals surface area (Å²) < 4.78 is 0. The van der Waals surface area contributed by atoms with Gasteiger partial charge in [0, 0.05) is 24.2 Å². The molecule has 1 atom stereocenters. The average Bonchev–Trinajstić information content (AvgIpc) is 2.55. The van der Waals surface area contributed by atoms with Gasteiger partial charge in [0.2, 0.25) is 0 Å². The normalized spacial score (nSPS) is 19.3. The van der Waals surface area contributed by atoms with Gasteiger partial charge in [-0.05, 0) is 38.3 Å². The Morgan fingerprint density at radius 1 is 1.29 bits per heavy atom. The first-order valence-corrected chi connectivity index (χ1v) is 6.69. The summed E-state index contributed by atoms with van der Waals surface area (Å²) in [6.07, 6.45) is 0. The third-order valence-electron chi connectivity index (χ3n) is 3.65. The van der Waals surface area contributed by atoms with E-state index in [2.05, 4.69) is 52.5 Å². The van der Waals surface area contributed by atoms with Crippen LogP contribution in [-0.2, 0) is 0 Å². The number of aryl methyl sites for hydroxylation is 1. The summed E-state index contributed by atoms with van der Waals surface area (Å²) in [5, 5.41) is 0. The number of nitrogens with zero attached hydrogens (tertiary/aromatic N) is 2. The van der Waals surface area contributed by atoms with Crippen LogP contribution < -0.4 is 4.90 Å². The van der Waals surface area contributed by atoms with Crippen molar-refractivity contribution in [1.82, 2.24) is 4.98 Å². The van der Waals surface area contributed by atoms with Gasteiger partial charge in [0.1, 0.15) is 0 Å². The third kappa shape index (κ3) is 2.05. The molecule has 1 aliphatic rings. The van der Waals surface area contributed by atoms with Gasteiger partial charge in [0.25, 0.3) is 0 Å². The highest BCUT2D eigenvalue weighted by atomic mass is 15.2. The van der Waals surface area contributed by atoms with Crippen molar-refractivity contribution in [3.05, 3.63) is 23.0 Å². The Morgan fingerprint density at radius 3 is 2.47 bits per heavy atom. The van der Waals surface area contributed by atoms with Crippen LogP contribution in [0.4, 0.5) is 5.69 Å². The van der Waals surface area contributed by atoms with E-state index >= 15 is 0 Å². The Bertz CT molecular complexity index is 421. The zero-order chi connectivity index (χ0) is 12.7. The molecule has 2 nitrogen and oxygen atoms in total. The second-order valence-corrected chi connectivity index (χ2v) is 5.89. The van der Waals surface area contributed by atoms with Gasteiger partial charge in [-0.15, -0.1) is 0 Å². The molecule has 0 aromatic carbocycles. The fourth-order valence-corrected chi connectivity index (χ4v) is 2.75. The predicted molar refractivity (Wildman–Crippen MR) is 74.0 cm³/mol. The van der Waals surface area contributed by atoms with E-state index in [1.807, 2.05) is 0 Å². The lowest BCUT2D eigenvalue weighted by Crippen LogP contribution is -2.29. The third-order valence-corrected chi connectivity index (χ3v) is 3.65. The molecule has 17 heavy (non-hydrogen) atoms. The first kappa shape index (κ1) is 12.4. The zero-order valence-electron chi connectivity index (χ0n) is 11.9. The van der Waals surface area contributed by atoms with Crippen LogP contribution in [0.25, 0.3) is 0 Å². The average molecular weight is 232 g/mol. The number of hydrogen-bond acceptors (Lipinski definition) is 2. The molecule has 2 rings (SSSR count). The molecule has 0 radical (unpaired) electrons. The minimum atomic E-state index is 0.556. The largest absolute Gasteiger partial charge is 0.367 e. The lowest BCUT2D eigenvalue weighted by molar-refractivity contribution is 0.664. The lowest BCUT2D eigenvalue weighted by atomic mass is 9.98. The number of fused-ring (bicyclic) bond motifs is 1. The minimum Gasteiger partial charge on any atom is -0.367 e. The summed E-state index contributed by atoms with van der Waals surface area (Å²) >= 11 is 0. The van der Waals surface area contributed by atoms with Gasteiger partial charge in [-0.3, -0.25) is 4.98 Å². The molecule has 1 aliphatic heterocycles. The van der Waals surface area contributed by atoms with E-state index in [1.54, 1.807) is 0 Å². The SMILES string of the molecule is Cc1cc(C(C)C)c2c(n1)[C@H](C)CN2C(C)C. The summed E-state index contributed by atoms with van der Waals surface area (Å²) in [5.41, 5.74) is 5.34. The van der Waals surface area contributed by atoms with Gasteiger partial charge in [0.15, 0.2) is 0 Å². The summed E-state index contributed by atoms with van der Waals surface area (Å²) in [6, 6.07) is 2.82. The maximum absolute atomic E-state index is 4.77. The van der Waals surface area contributed by atoms with Gasteiger partial charge in [-0.25, -0.2) is 0 Å². The van der Waals surface area contributed by atoms with E-state index in [0.29, 0.717) is 17.9 Å². The maximum Gasteiger partial charge on any atom is 0.0688 e. The van der Waals surface area contributed by atoms with Gasteiger partial charge in [-0.1, -0.05) is 20.8 Å². The highest BCUT2D eigenvalue weighted by Gasteiger charge is 2.31. The fourth-order valence-electron chi connectivity index (χ4n) is 2.75. The van der Waals surface area contributed by atoms with Crippen LogP contribution in [-0.4, -0.2) is 17.6 Å². The monoisotopic (exact) mass is 232 g/mol. The molecule has 1 aromatic heterocycles. The standard InChI is InChI=1S/C15H24N2/c1-9(2)13-7-12(6)16-14-11(5)8-17(10(3)4)15(13)14/h7,9-11H,8H2,1-6H3/t11-/m1/s1. The number of hydrogen-bond donors (Lipinski definition) is 0. The Kier molecular flexibility index (Phi) is 3.15. The topological polar surface area (TPSA) is 16.1 Å². The molecular formula is C15H24N2. The van der Waals surface area contributed by atoms with Crippen LogP contribution in [0.1, 0.15) is 63.4 Å². The van der Waals surface area contributed by atoms with Crippen molar-refractivity contribution in [2.24, 2.45) is 0 Å². The van der Waals surface area contributed by atoms with Gasteiger partial charge < -0.3 is 4.90 Å². The van der Waals surface area contributed by atoms with E-state index in [-0.39, 0.29) is 0 Å². The quantitative estimate of drug-likeness (QED) is 0.770. The predicted octanol–water partition coefficient (Wildman–Crippen LogP) is 3.85. The Labute approximate surface area is 105 Å². The molecule has 0 aliphatic carbocycles. The second-order valence-electron chi connectivity index (χ2n) is 5.89. The summed E-state index contributed by atoms with van der Waals surface area (Å²) in [7, 11) is 0. The summed E-state index contributed by atoms with van der Waals surface area (Å²) in [6.45, 7) is 14.6. The van der Waals surface area contributed by atoms with Crippen molar-refractivity contribution in [3.63, 3.8) is 0 Å². The molecule has 0 fully saturated rings. The molecule has 0 unspecified atom stereocenters. The van der Waals surface area contributed by atoms with E-state index in [0.717, 1.165) is 12.2 Å². The van der Waals surface area contributed by atoms with E-state index in [4.69, 9.17) is 4.98 Å². The minimum absolute atomic E-state index is 0.556. The van der Waals surface area contributed by atoms with Gasteiger partial charge in [0.05, 0.1) is 11.4 Å². The Hall–Kier alpha value is -1.05. The van der Waals surface area contributed by atoms with Crippen molar-refractivity contribution in [2.75, 3.05) is 11.4 Å².